The lowest BCUT2D eigenvalue weighted by Crippen LogP contribution is -2.30. The molecule has 2 aromatic rings. The van der Waals surface area contributed by atoms with Crippen molar-refractivity contribution >= 4 is 5.69 Å². The Balaban J connectivity index is 1.64. The molecule has 0 saturated carbocycles. The largest absolute Gasteiger partial charge is 0.497 e. The zero-order valence-corrected chi connectivity index (χ0v) is 15.2. The zero-order valence-electron chi connectivity index (χ0n) is 15.2. The van der Waals surface area contributed by atoms with Crippen molar-refractivity contribution < 1.29 is 14.2 Å². The Hall–Kier alpha value is -2.36. The standard InChI is InChI=1S/C21H27NO3/c1-4-16(24-19-8-5-14(2)20(22)12-19)11-18-10-7-15-6-9-17(23-3)13-21(15)25-18/h5-6,8-9,12-13,16,18H,4,7,10-11,22H2,1-3H3. The molecule has 2 aromatic carbocycles. The van der Waals surface area contributed by atoms with Gasteiger partial charge in [0.2, 0.25) is 0 Å². The molecule has 134 valence electrons. The van der Waals surface area contributed by atoms with Crippen molar-refractivity contribution in [2.75, 3.05) is 12.8 Å². The SMILES string of the molecule is CCC(CC1CCc2ccc(OC)cc2O1)Oc1ccc(C)c(N)c1. The van der Waals surface area contributed by atoms with Crippen LogP contribution in [-0.4, -0.2) is 19.3 Å². The van der Waals surface area contributed by atoms with Crippen LogP contribution < -0.4 is 19.9 Å². The Kier molecular flexibility index (Phi) is 5.37. The Morgan fingerprint density at radius 3 is 2.72 bits per heavy atom. The van der Waals surface area contributed by atoms with E-state index in [1.165, 1.54) is 5.56 Å². The monoisotopic (exact) mass is 341 g/mol. The summed E-state index contributed by atoms with van der Waals surface area (Å²) in [6.45, 7) is 4.14. The number of fused-ring (bicyclic) bond motifs is 1. The second-order valence-electron chi connectivity index (χ2n) is 6.65. The summed E-state index contributed by atoms with van der Waals surface area (Å²) >= 11 is 0. The second kappa shape index (κ2) is 7.68. The second-order valence-corrected chi connectivity index (χ2v) is 6.65. The van der Waals surface area contributed by atoms with Crippen molar-refractivity contribution in [3.8, 4) is 17.2 Å². The summed E-state index contributed by atoms with van der Waals surface area (Å²) in [5.74, 6) is 2.59. The Morgan fingerprint density at radius 2 is 2.00 bits per heavy atom. The maximum absolute atomic E-state index is 6.20. The van der Waals surface area contributed by atoms with Gasteiger partial charge in [-0.1, -0.05) is 19.1 Å². The third-order valence-corrected chi connectivity index (χ3v) is 4.84. The predicted octanol–water partition coefficient (Wildman–Crippen LogP) is 4.53. The molecule has 0 bridgehead atoms. The van der Waals surface area contributed by atoms with E-state index in [1.807, 2.05) is 37.3 Å². The highest BCUT2D eigenvalue weighted by Crippen LogP contribution is 2.33. The lowest BCUT2D eigenvalue weighted by Gasteiger charge is -2.29. The number of ether oxygens (including phenoxy) is 3. The van der Waals surface area contributed by atoms with Gasteiger partial charge in [0.15, 0.2) is 0 Å². The van der Waals surface area contributed by atoms with E-state index in [0.717, 1.165) is 54.2 Å². The fraction of sp³-hybridized carbons (Fsp3) is 0.429. The van der Waals surface area contributed by atoms with Crippen molar-refractivity contribution in [2.24, 2.45) is 0 Å². The van der Waals surface area contributed by atoms with Crippen LogP contribution >= 0.6 is 0 Å². The Morgan fingerprint density at radius 1 is 1.20 bits per heavy atom. The smallest absolute Gasteiger partial charge is 0.126 e. The van der Waals surface area contributed by atoms with Crippen LogP contribution in [0.5, 0.6) is 17.2 Å². The van der Waals surface area contributed by atoms with Crippen LogP contribution in [0.2, 0.25) is 0 Å². The topological polar surface area (TPSA) is 53.7 Å². The van der Waals surface area contributed by atoms with Gasteiger partial charge < -0.3 is 19.9 Å². The number of aryl methyl sites for hydroxylation is 2. The number of nitrogen functional groups attached to an aromatic ring is 1. The number of hydrogen-bond acceptors (Lipinski definition) is 4. The molecular weight excluding hydrogens is 314 g/mol. The van der Waals surface area contributed by atoms with Gasteiger partial charge >= 0.3 is 0 Å². The fourth-order valence-electron chi connectivity index (χ4n) is 3.17. The number of anilines is 1. The Labute approximate surface area is 149 Å². The molecule has 0 spiro atoms. The summed E-state index contributed by atoms with van der Waals surface area (Å²) in [4.78, 5) is 0. The van der Waals surface area contributed by atoms with E-state index in [4.69, 9.17) is 19.9 Å². The normalized spacial score (nSPS) is 17.3. The number of hydrogen-bond donors (Lipinski definition) is 1. The molecule has 25 heavy (non-hydrogen) atoms. The van der Waals surface area contributed by atoms with Gasteiger partial charge in [-0.15, -0.1) is 0 Å². The van der Waals surface area contributed by atoms with Crippen LogP contribution in [0.15, 0.2) is 36.4 Å². The summed E-state index contributed by atoms with van der Waals surface area (Å²) in [6, 6.07) is 11.9. The first-order valence-electron chi connectivity index (χ1n) is 8.95. The molecule has 4 nitrogen and oxygen atoms in total. The molecular formula is C21H27NO3. The van der Waals surface area contributed by atoms with Crippen molar-refractivity contribution in [2.45, 2.75) is 51.7 Å². The molecule has 1 heterocycles. The molecule has 4 heteroatoms. The number of rotatable bonds is 6. The number of benzene rings is 2. The predicted molar refractivity (Wildman–Crippen MR) is 101 cm³/mol. The molecule has 2 N–H and O–H groups in total. The van der Waals surface area contributed by atoms with Gasteiger partial charge in [0, 0.05) is 24.2 Å². The van der Waals surface area contributed by atoms with Gasteiger partial charge in [0.25, 0.3) is 0 Å². The summed E-state index contributed by atoms with van der Waals surface area (Å²) in [5.41, 5.74) is 9.07. The first kappa shape index (κ1) is 17.5. The zero-order chi connectivity index (χ0) is 17.8. The van der Waals surface area contributed by atoms with E-state index in [9.17, 15) is 0 Å². The van der Waals surface area contributed by atoms with Gasteiger partial charge in [0.05, 0.1) is 7.11 Å². The molecule has 1 aliphatic heterocycles. The van der Waals surface area contributed by atoms with Crippen molar-refractivity contribution in [1.82, 2.24) is 0 Å². The van der Waals surface area contributed by atoms with E-state index >= 15 is 0 Å². The first-order valence-corrected chi connectivity index (χ1v) is 8.95. The van der Waals surface area contributed by atoms with Gasteiger partial charge in [-0.2, -0.15) is 0 Å². The molecule has 0 amide bonds. The lowest BCUT2D eigenvalue weighted by atomic mass is 9.98. The molecule has 0 radical (unpaired) electrons. The quantitative estimate of drug-likeness (QED) is 0.785. The summed E-state index contributed by atoms with van der Waals surface area (Å²) < 4.78 is 17.7. The summed E-state index contributed by atoms with van der Waals surface area (Å²) in [6.07, 6.45) is 4.10. The maximum Gasteiger partial charge on any atom is 0.126 e. The maximum atomic E-state index is 6.20. The molecule has 1 aliphatic rings. The van der Waals surface area contributed by atoms with Crippen molar-refractivity contribution in [3.05, 3.63) is 47.5 Å². The van der Waals surface area contributed by atoms with E-state index in [1.54, 1.807) is 7.11 Å². The molecule has 0 saturated heterocycles. The number of methoxy groups -OCH3 is 1. The molecule has 0 fully saturated rings. The van der Waals surface area contributed by atoms with Gasteiger partial charge in [0.1, 0.15) is 29.5 Å². The van der Waals surface area contributed by atoms with Crippen molar-refractivity contribution in [3.63, 3.8) is 0 Å². The van der Waals surface area contributed by atoms with Crippen molar-refractivity contribution in [1.29, 1.82) is 0 Å². The van der Waals surface area contributed by atoms with E-state index < -0.39 is 0 Å². The molecule has 2 unspecified atom stereocenters. The van der Waals surface area contributed by atoms with E-state index in [0.29, 0.717) is 0 Å². The summed E-state index contributed by atoms with van der Waals surface area (Å²) in [7, 11) is 1.68. The highest BCUT2D eigenvalue weighted by molar-refractivity contribution is 5.50. The molecule has 3 rings (SSSR count). The van der Waals surface area contributed by atoms with E-state index in [2.05, 4.69) is 13.0 Å². The molecule has 0 aliphatic carbocycles. The fourth-order valence-corrected chi connectivity index (χ4v) is 3.17. The van der Waals surface area contributed by atoms with Crippen LogP contribution in [0, 0.1) is 6.92 Å². The Bertz CT molecular complexity index is 729. The summed E-state index contributed by atoms with van der Waals surface area (Å²) in [5, 5.41) is 0. The third-order valence-electron chi connectivity index (χ3n) is 4.84. The minimum atomic E-state index is 0.110. The lowest BCUT2D eigenvalue weighted by molar-refractivity contribution is 0.0940. The first-order chi connectivity index (χ1) is 12.1. The van der Waals surface area contributed by atoms with Crippen LogP contribution in [0.4, 0.5) is 5.69 Å². The average Bonchev–Trinajstić information content (AvgIpc) is 2.63. The highest BCUT2D eigenvalue weighted by Gasteiger charge is 2.24. The minimum absolute atomic E-state index is 0.110. The average molecular weight is 341 g/mol. The van der Waals surface area contributed by atoms with Crippen LogP contribution in [0.1, 0.15) is 37.3 Å². The van der Waals surface area contributed by atoms with Gasteiger partial charge in [-0.25, -0.2) is 0 Å². The third kappa shape index (κ3) is 4.19. The van der Waals surface area contributed by atoms with Gasteiger partial charge in [-0.05, 0) is 49.4 Å². The van der Waals surface area contributed by atoms with Gasteiger partial charge in [-0.3, -0.25) is 0 Å². The van der Waals surface area contributed by atoms with Crippen LogP contribution in [-0.2, 0) is 6.42 Å². The van der Waals surface area contributed by atoms with Crippen LogP contribution in [0.25, 0.3) is 0 Å². The van der Waals surface area contributed by atoms with Crippen LogP contribution in [0.3, 0.4) is 0 Å². The minimum Gasteiger partial charge on any atom is -0.497 e. The number of nitrogens with two attached hydrogens (primary N) is 1. The molecule has 0 aromatic heterocycles. The molecule has 2 atom stereocenters. The highest BCUT2D eigenvalue weighted by atomic mass is 16.5. The van der Waals surface area contributed by atoms with E-state index in [-0.39, 0.29) is 12.2 Å².